The summed E-state index contributed by atoms with van der Waals surface area (Å²) in [6, 6.07) is -0.584. The maximum Gasteiger partial charge on any atom is 0.411 e. The number of carbonyl (C=O) groups excluding carboxylic acids is 2. The van der Waals surface area contributed by atoms with Crippen molar-refractivity contribution in [3.8, 4) is 0 Å². The van der Waals surface area contributed by atoms with Gasteiger partial charge in [-0.05, 0) is 34.1 Å². The van der Waals surface area contributed by atoms with Crippen LogP contribution in [0.4, 0.5) is 4.79 Å². The molecular weight excluding hydrogens is 246 g/mol. The van der Waals surface area contributed by atoms with Gasteiger partial charge in [-0.1, -0.05) is 12.2 Å². The number of amides is 1. The average molecular weight is 267 g/mol. The first-order valence-electron chi connectivity index (χ1n) is 6.69. The molecule has 1 aliphatic carbocycles. The van der Waals surface area contributed by atoms with Crippen molar-refractivity contribution >= 4 is 12.1 Å². The number of fused-ring (bicyclic) bond motifs is 2. The fraction of sp³-hybridized carbons (Fsp3) is 0.714. The zero-order valence-electron chi connectivity index (χ0n) is 11.9. The number of rotatable bonds is 2. The lowest BCUT2D eigenvalue weighted by atomic mass is 10.0. The molecule has 106 valence electrons. The molecule has 2 rings (SSSR count). The minimum atomic E-state index is -0.568. The second kappa shape index (κ2) is 4.87. The summed E-state index contributed by atoms with van der Waals surface area (Å²) in [5, 5.41) is 0. The van der Waals surface area contributed by atoms with E-state index in [9.17, 15) is 9.59 Å². The predicted octanol–water partition coefficient (Wildman–Crippen LogP) is 2.11. The van der Waals surface area contributed by atoms with Crippen molar-refractivity contribution in [1.29, 1.82) is 0 Å². The topological polar surface area (TPSA) is 55.8 Å². The highest BCUT2D eigenvalue weighted by molar-refractivity contribution is 5.84. The largest absolute Gasteiger partial charge is 0.464 e. The van der Waals surface area contributed by atoms with Crippen molar-refractivity contribution < 1.29 is 19.1 Å². The van der Waals surface area contributed by atoms with Crippen molar-refractivity contribution in [3.05, 3.63) is 12.2 Å². The number of carbonyl (C=O) groups is 2. The van der Waals surface area contributed by atoms with E-state index in [-0.39, 0.29) is 17.9 Å². The molecule has 1 saturated heterocycles. The molecule has 5 nitrogen and oxygen atoms in total. The summed E-state index contributed by atoms with van der Waals surface area (Å²) >= 11 is 0. The van der Waals surface area contributed by atoms with Gasteiger partial charge in [0.25, 0.3) is 0 Å². The van der Waals surface area contributed by atoms with Gasteiger partial charge in [-0.15, -0.1) is 0 Å². The molecule has 19 heavy (non-hydrogen) atoms. The fourth-order valence-corrected chi connectivity index (χ4v) is 2.64. The van der Waals surface area contributed by atoms with Crippen LogP contribution in [-0.2, 0) is 14.3 Å². The van der Waals surface area contributed by atoms with Gasteiger partial charge in [-0.2, -0.15) is 0 Å². The molecule has 0 spiro atoms. The SMILES string of the molecule is CCOC(=O)[C@@H]1[C@H]2C=C[C@@H](C2)N1C(=O)OC(C)(C)C. The van der Waals surface area contributed by atoms with E-state index in [1.807, 2.05) is 32.9 Å². The van der Waals surface area contributed by atoms with Crippen molar-refractivity contribution in [2.75, 3.05) is 6.61 Å². The first-order valence-corrected chi connectivity index (χ1v) is 6.69. The Labute approximate surface area is 113 Å². The lowest BCUT2D eigenvalue weighted by molar-refractivity contribution is -0.149. The van der Waals surface area contributed by atoms with Gasteiger partial charge >= 0.3 is 12.1 Å². The Bertz CT molecular complexity index is 410. The van der Waals surface area contributed by atoms with Gasteiger partial charge in [0.1, 0.15) is 11.6 Å². The maximum atomic E-state index is 12.2. The van der Waals surface area contributed by atoms with Gasteiger partial charge < -0.3 is 9.47 Å². The van der Waals surface area contributed by atoms with Crippen LogP contribution in [0.25, 0.3) is 0 Å². The van der Waals surface area contributed by atoms with Gasteiger partial charge in [-0.25, -0.2) is 9.59 Å². The number of ether oxygens (including phenoxy) is 2. The molecule has 1 heterocycles. The monoisotopic (exact) mass is 267 g/mol. The first kappa shape index (κ1) is 13.9. The van der Waals surface area contributed by atoms with Crippen LogP contribution in [-0.4, -0.2) is 41.3 Å². The maximum absolute atomic E-state index is 12.2. The summed E-state index contributed by atoms with van der Waals surface area (Å²) in [6.07, 6.45) is 4.29. The molecule has 1 amide bonds. The average Bonchev–Trinajstić information content (AvgIpc) is 2.85. The predicted molar refractivity (Wildman–Crippen MR) is 69.5 cm³/mol. The highest BCUT2D eigenvalue weighted by Gasteiger charge is 2.50. The van der Waals surface area contributed by atoms with Crippen molar-refractivity contribution in [2.45, 2.75) is 51.8 Å². The smallest absolute Gasteiger partial charge is 0.411 e. The lowest BCUT2D eigenvalue weighted by Gasteiger charge is -2.32. The summed E-state index contributed by atoms with van der Waals surface area (Å²) in [7, 11) is 0. The van der Waals surface area contributed by atoms with Crippen molar-refractivity contribution in [3.63, 3.8) is 0 Å². The molecule has 0 radical (unpaired) electrons. The molecule has 0 saturated carbocycles. The molecule has 0 N–H and O–H groups in total. The van der Waals surface area contributed by atoms with Crippen LogP contribution in [0, 0.1) is 5.92 Å². The van der Waals surface area contributed by atoms with Crippen LogP contribution < -0.4 is 0 Å². The van der Waals surface area contributed by atoms with E-state index in [0.29, 0.717) is 6.61 Å². The van der Waals surface area contributed by atoms with Crippen LogP contribution in [0.2, 0.25) is 0 Å². The van der Waals surface area contributed by atoms with Gasteiger partial charge in [0.2, 0.25) is 0 Å². The standard InChI is InChI=1S/C14H21NO4/c1-5-18-12(16)11-9-6-7-10(8-9)15(11)13(17)19-14(2,3)4/h6-7,9-11H,5,8H2,1-4H3/t9-,10-,11-/m0/s1. The summed E-state index contributed by atoms with van der Waals surface area (Å²) in [6.45, 7) is 7.52. The quantitative estimate of drug-likeness (QED) is 0.568. The normalized spacial score (nSPS) is 28.6. The molecule has 0 unspecified atom stereocenters. The Morgan fingerprint density at radius 1 is 1.32 bits per heavy atom. The summed E-state index contributed by atoms with van der Waals surface area (Å²) < 4.78 is 10.4. The summed E-state index contributed by atoms with van der Waals surface area (Å²) in [4.78, 5) is 25.8. The molecule has 2 aliphatic rings. The van der Waals surface area contributed by atoms with Crippen molar-refractivity contribution in [1.82, 2.24) is 4.90 Å². The molecule has 0 aromatic heterocycles. The molecule has 1 aliphatic heterocycles. The third-order valence-electron chi connectivity index (χ3n) is 3.29. The molecule has 2 bridgehead atoms. The van der Waals surface area contributed by atoms with Gasteiger partial charge in [0, 0.05) is 5.92 Å². The van der Waals surface area contributed by atoms with Crippen molar-refractivity contribution in [2.24, 2.45) is 5.92 Å². The van der Waals surface area contributed by atoms with E-state index in [4.69, 9.17) is 9.47 Å². The van der Waals surface area contributed by atoms with Gasteiger partial charge in [0.05, 0.1) is 12.6 Å². The molecule has 3 atom stereocenters. The second-order valence-corrected chi connectivity index (χ2v) is 5.94. The number of hydrogen-bond donors (Lipinski definition) is 0. The Balaban J connectivity index is 2.15. The minimum absolute atomic E-state index is 0.0470. The highest BCUT2D eigenvalue weighted by Crippen LogP contribution is 2.38. The summed E-state index contributed by atoms with van der Waals surface area (Å²) in [5.41, 5.74) is -0.568. The van der Waals surface area contributed by atoms with Crippen LogP contribution in [0.3, 0.4) is 0 Å². The van der Waals surface area contributed by atoms with E-state index < -0.39 is 17.7 Å². The zero-order valence-corrected chi connectivity index (χ0v) is 11.9. The second-order valence-electron chi connectivity index (χ2n) is 5.94. The number of hydrogen-bond acceptors (Lipinski definition) is 4. The van der Waals surface area contributed by atoms with Crippen LogP contribution in [0.1, 0.15) is 34.1 Å². The van der Waals surface area contributed by atoms with Crippen LogP contribution in [0.5, 0.6) is 0 Å². The fourth-order valence-electron chi connectivity index (χ4n) is 2.64. The Kier molecular flexibility index (Phi) is 3.56. The third kappa shape index (κ3) is 2.74. The Morgan fingerprint density at radius 2 is 2.00 bits per heavy atom. The van der Waals surface area contributed by atoms with E-state index in [0.717, 1.165) is 6.42 Å². The summed E-state index contributed by atoms with van der Waals surface area (Å²) in [5.74, 6) is -0.290. The first-order chi connectivity index (χ1) is 8.83. The molecule has 5 heteroatoms. The van der Waals surface area contributed by atoms with Crippen LogP contribution in [0.15, 0.2) is 12.2 Å². The third-order valence-corrected chi connectivity index (χ3v) is 3.29. The van der Waals surface area contributed by atoms with E-state index >= 15 is 0 Å². The van der Waals surface area contributed by atoms with E-state index in [1.54, 1.807) is 6.92 Å². The van der Waals surface area contributed by atoms with Gasteiger partial charge in [0.15, 0.2) is 0 Å². The Hall–Kier alpha value is -1.52. The van der Waals surface area contributed by atoms with E-state index in [1.165, 1.54) is 4.90 Å². The molecule has 0 aromatic rings. The number of nitrogens with zero attached hydrogens (tertiary/aromatic N) is 1. The molecule has 1 fully saturated rings. The molecular formula is C14H21NO4. The minimum Gasteiger partial charge on any atom is -0.464 e. The van der Waals surface area contributed by atoms with E-state index in [2.05, 4.69) is 0 Å². The molecule has 0 aromatic carbocycles. The zero-order chi connectivity index (χ0) is 14.2. The number of likely N-dealkylation sites (tertiary alicyclic amines) is 1. The Morgan fingerprint density at radius 3 is 2.58 bits per heavy atom. The highest BCUT2D eigenvalue weighted by atomic mass is 16.6. The van der Waals surface area contributed by atoms with Crippen LogP contribution >= 0.6 is 0 Å². The van der Waals surface area contributed by atoms with Gasteiger partial charge in [-0.3, -0.25) is 4.90 Å². The lowest BCUT2D eigenvalue weighted by Crippen LogP contribution is -2.49. The number of esters is 1.